The van der Waals surface area contributed by atoms with E-state index in [4.69, 9.17) is 0 Å². The second-order valence-electron chi connectivity index (χ2n) is 12.2. The number of rotatable bonds is 11. The molecule has 0 saturated heterocycles. The molecule has 0 spiro atoms. The summed E-state index contributed by atoms with van der Waals surface area (Å²) in [7, 11) is 2.55. The number of thioether (sulfide) groups is 1. The number of carbonyl (C=O) groups excluding carboxylic acids is 1. The summed E-state index contributed by atoms with van der Waals surface area (Å²) in [5.74, 6) is -0.381. The lowest BCUT2D eigenvalue weighted by Gasteiger charge is -2.26. The zero-order valence-electron chi connectivity index (χ0n) is 26.6. The first-order valence-corrected chi connectivity index (χ1v) is 17.9. The van der Waals surface area contributed by atoms with Crippen LogP contribution in [0.1, 0.15) is 31.7 Å². The summed E-state index contributed by atoms with van der Waals surface area (Å²) in [6, 6.07) is 18.5. The third-order valence-corrected chi connectivity index (χ3v) is 10.4. The van der Waals surface area contributed by atoms with Crippen molar-refractivity contribution in [1.29, 1.82) is 0 Å². The summed E-state index contributed by atoms with van der Waals surface area (Å²) in [5.41, 5.74) is 4.02. The second-order valence-corrected chi connectivity index (χ2v) is 15.9. The van der Waals surface area contributed by atoms with Gasteiger partial charge in [-0.1, -0.05) is 47.4 Å². The molecule has 1 aliphatic heterocycles. The van der Waals surface area contributed by atoms with Gasteiger partial charge in [-0.25, -0.2) is 0 Å². The Hall–Kier alpha value is -2.26. The van der Waals surface area contributed by atoms with Crippen LogP contribution < -0.4 is 48.7 Å². The molecule has 0 unspecified atom stereocenters. The van der Waals surface area contributed by atoms with E-state index in [0.29, 0.717) is 13.0 Å². The molecule has 2 N–H and O–H groups in total. The molecule has 4 aromatic rings. The van der Waals surface area contributed by atoms with E-state index in [2.05, 4.69) is 91.4 Å². The molecule has 2 heterocycles. The average Bonchev–Trinajstić information content (AvgIpc) is 3.44. The van der Waals surface area contributed by atoms with E-state index in [-0.39, 0.29) is 45.6 Å². The van der Waals surface area contributed by atoms with Crippen molar-refractivity contribution in [3.8, 4) is 0 Å². The molecule has 8 nitrogen and oxygen atoms in total. The number of aromatic nitrogens is 1. The standard InChI is InChI=1S/C33H38N4O4S3.2BrH/c1-23(20-31-35(16-8-18-37(3,4)5)28-22-26(34-24(2)38)13-15-29(28)42-31)21-32-36(17-9-19-44(39,40)41)33-27-11-7-6-10-25(27)12-14-30(33)43-32;;/h6-7,10-15,20-22H,8-9,16-19H2,1-5H3;2*1H. The number of allylic oxidation sites excluding steroid dienone is 2. The van der Waals surface area contributed by atoms with Crippen LogP contribution in [-0.4, -0.2) is 63.3 Å². The molecule has 46 heavy (non-hydrogen) atoms. The van der Waals surface area contributed by atoms with Crippen molar-refractivity contribution in [3.05, 3.63) is 76.3 Å². The van der Waals surface area contributed by atoms with Crippen molar-refractivity contribution in [2.45, 2.75) is 38.1 Å². The number of benzene rings is 3. The van der Waals surface area contributed by atoms with Crippen LogP contribution in [0.25, 0.3) is 27.1 Å². The van der Waals surface area contributed by atoms with Crippen LogP contribution in [0.15, 0.2) is 76.2 Å². The molecular weight excluding hydrogens is 772 g/mol. The Bertz CT molecular complexity index is 1900. The van der Waals surface area contributed by atoms with E-state index in [9.17, 15) is 17.8 Å². The lowest BCUT2D eigenvalue weighted by Crippen LogP contribution is -3.00. The van der Waals surface area contributed by atoms with Gasteiger partial charge in [0.2, 0.25) is 11.4 Å². The molecule has 3 aromatic carbocycles. The molecule has 1 aliphatic rings. The first kappa shape index (κ1) is 38.2. The lowest BCUT2D eigenvalue weighted by atomic mass is 10.1. The molecule has 0 atom stereocenters. The number of nitrogens with zero attached hydrogens (tertiary/aromatic N) is 3. The average molecular weight is 813 g/mol. The summed E-state index contributed by atoms with van der Waals surface area (Å²) in [4.78, 5) is 15.2. The largest absolute Gasteiger partial charge is 1.00 e. The Morgan fingerprint density at radius 1 is 1.04 bits per heavy atom. The number of fused-ring (bicyclic) bond motifs is 4. The Kier molecular flexibility index (Phi) is 13.1. The van der Waals surface area contributed by atoms with Crippen LogP contribution in [0.2, 0.25) is 0 Å². The van der Waals surface area contributed by atoms with Gasteiger partial charge in [0.05, 0.1) is 49.5 Å². The summed E-state index contributed by atoms with van der Waals surface area (Å²) in [5, 5.41) is 7.30. The van der Waals surface area contributed by atoms with Gasteiger partial charge in [-0.3, -0.25) is 9.35 Å². The van der Waals surface area contributed by atoms with Gasteiger partial charge in [0.1, 0.15) is 4.70 Å². The third-order valence-electron chi connectivity index (χ3n) is 7.36. The van der Waals surface area contributed by atoms with Gasteiger partial charge >= 0.3 is 0 Å². The van der Waals surface area contributed by atoms with Crippen LogP contribution in [0.5, 0.6) is 0 Å². The van der Waals surface area contributed by atoms with E-state index in [1.807, 2.05) is 18.2 Å². The minimum atomic E-state index is -4.05. The lowest BCUT2D eigenvalue weighted by molar-refractivity contribution is -0.870. The quantitative estimate of drug-likeness (QED) is 0.131. The van der Waals surface area contributed by atoms with Gasteiger partial charge in [0, 0.05) is 43.0 Å². The molecule has 0 bridgehead atoms. The van der Waals surface area contributed by atoms with Crippen LogP contribution in [0, 0.1) is 0 Å². The minimum Gasteiger partial charge on any atom is -1.00 e. The van der Waals surface area contributed by atoms with E-state index in [1.165, 1.54) is 6.92 Å². The maximum absolute atomic E-state index is 11.7. The highest BCUT2D eigenvalue weighted by molar-refractivity contribution is 8.03. The van der Waals surface area contributed by atoms with Crippen LogP contribution in [-0.2, 0) is 21.5 Å². The smallest absolute Gasteiger partial charge is 0.265 e. The maximum Gasteiger partial charge on any atom is 0.265 e. The fourth-order valence-electron chi connectivity index (χ4n) is 5.46. The topological polar surface area (TPSA) is 90.6 Å². The van der Waals surface area contributed by atoms with E-state index < -0.39 is 10.1 Å². The number of nitrogens with one attached hydrogen (secondary N) is 1. The van der Waals surface area contributed by atoms with Crippen molar-refractivity contribution in [1.82, 2.24) is 0 Å². The van der Waals surface area contributed by atoms with E-state index in [0.717, 1.165) is 76.9 Å². The Morgan fingerprint density at radius 3 is 2.48 bits per heavy atom. The Morgan fingerprint density at radius 2 is 1.78 bits per heavy atom. The van der Waals surface area contributed by atoms with Gasteiger partial charge in [0.25, 0.3) is 15.1 Å². The van der Waals surface area contributed by atoms with Crippen molar-refractivity contribution >= 4 is 77.6 Å². The SMILES string of the molecule is CC(=O)Nc1ccc2c(c1)N(CCC[N+](C)(C)C)C(=CC(C)=Cc1sc3ccc4ccccc4c3[n+]1CCCS(=O)(=O)O)S2.[Br-].[Br-]. The number of halogens is 2. The number of anilines is 2. The van der Waals surface area contributed by atoms with Crippen molar-refractivity contribution in [2.75, 3.05) is 50.2 Å². The van der Waals surface area contributed by atoms with Gasteiger partial charge in [-0.2, -0.15) is 13.0 Å². The molecule has 1 aromatic heterocycles. The number of hydrogen-bond acceptors (Lipinski definition) is 6. The molecule has 0 radical (unpaired) electrons. The fourth-order valence-corrected chi connectivity index (χ4v) is 8.35. The zero-order chi connectivity index (χ0) is 31.6. The van der Waals surface area contributed by atoms with E-state index in [1.54, 1.807) is 23.1 Å². The Labute approximate surface area is 301 Å². The van der Waals surface area contributed by atoms with Crippen molar-refractivity contribution < 1.29 is 60.8 Å². The first-order valence-electron chi connectivity index (χ1n) is 14.6. The summed E-state index contributed by atoms with van der Waals surface area (Å²) in [6.45, 7) is 5.96. The van der Waals surface area contributed by atoms with E-state index >= 15 is 0 Å². The molecule has 0 saturated carbocycles. The number of carbonyl (C=O) groups is 1. The van der Waals surface area contributed by atoms with Crippen molar-refractivity contribution in [3.63, 3.8) is 0 Å². The number of thiazole rings is 1. The monoisotopic (exact) mass is 810 g/mol. The minimum absolute atomic E-state index is 0. The molecule has 0 aliphatic carbocycles. The molecule has 5 rings (SSSR count). The summed E-state index contributed by atoms with van der Waals surface area (Å²) >= 11 is 3.40. The number of aryl methyl sites for hydroxylation is 1. The number of amides is 1. The zero-order valence-corrected chi connectivity index (χ0v) is 32.2. The molecular formula is C33H40Br2N4O4S3. The van der Waals surface area contributed by atoms with Gasteiger partial charge in [-0.15, -0.1) is 0 Å². The maximum atomic E-state index is 11.7. The molecule has 0 fully saturated rings. The molecule has 248 valence electrons. The number of hydrogen-bond donors (Lipinski definition) is 2. The highest BCUT2D eigenvalue weighted by Crippen LogP contribution is 2.47. The molecule has 13 heteroatoms. The highest BCUT2D eigenvalue weighted by Gasteiger charge is 2.27. The predicted octanol–water partition coefficient (Wildman–Crippen LogP) is 0.540. The second kappa shape index (κ2) is 15.8. The van der Waals surface area contributed by atoms with Gasteiger partial charge in [-0.05, 0) is 54.3 Å². The van der Waals surface area contributed by atoms with Gasteiger partial charge in [0.15, 0.2) is 6.54 Å². The fraction of sp³-hybridized carbons (Fsp3) is 0.333. The highest BCUT2D eigenvalue weighted by atomic mass is 79.9. The normalized spacial score (nSPS) is 14.3. The molecule has 1 amide bonds. The first-order chi connectivity index (χ1) is 20.8. The third kappa shape index (κ3) is 9.65. The van der Waals surface area contributed by atoms with Crippen LogP contribution in [0.3, 0.4) is 0 Å². The number of quaternary nitrogens is 1. The van der Waals surface area contributed by atoms with Crippen LogP contribution in [0.4, 0.5) is 11.4 Å². The summed E-state index contributed by atoms with van der Waals surface area (Å²) < 4.78 is 36.6. The Balaban J connectivity index is 0.00000288. The predicted molar refractivity (Wildman–Crippen MR) is 184 cm³/mol. The van der Waals surface area contributed by atoms with Crippen LogP contribution >= 0.6 is 23.1 Å². The van der Waals surface area contributed by atoms with Crippen molar-refractivity contribution in [2.24, 2.45) is 0 Å². The van der Waals surface area contributed by atoms with Gasteiger partial charge < -0.3 is 48.7 Å². The summed E-state index contributed by atoms with van der Waals surface area (Å²) in [6.07, 6.45) is 5.68.